The van der Waals surface area contributed by atoms with Gasteiger partial charge in [0.15, 0.2) is 0 Å². The van der Waals surface area contributed by atoms with Crippen LogP contribution in [0, 0.1) is 5.82 Å². The molecule has 1 aromatic heterocycles. The van der Waals surface area contributed by atoms with Crippen molar-refractivity contribution in [3.63, 3.8) is 0 Å². The van der Waals surface area contributed by atoms with Crippen LogP contribution in [0.2, 0.25) is 0 Å². The van der Waals surface area contributed by atoms with E-state index in [2.05, 4.69) is 10.1 Å². The van der Waals surface area contributed by atoms with E-state index in [0.717, 1.165) is 24.0 Å². The zero-order chi connectivity index (χ0) is 23.3. The minimum absolute atomic E-state index is 0.00590. The maximum Gasteiger partial charge on any atom is 0.254 e. The van der Waals surface area contributed by atoms with E-state index in [1.807, 2.05) is 35.2 Å². The number of halogens is 1. The van der Waals surface area contributed by atoms with E-state index in [1.54, 1.807) is 12.1 Å². The van der Waals surface area contributed by atoms with Gasteiger partial charge in [0.05, 0.1) is 31.4 Å². The number of anilines is 1. The van der Waals surface area contributed by atoms with Gasteiger partial charge in [0.2, 0.25) is 5.88 Å². The zero-order valence-electron chi connectivity index (χ0n) is 19.0. The summed E-state index contributed by atoms with van der Waals surface area (Å²) in [4.78, 5) is 17.5. The molecule has 0 spiro atoms. The van der Waals surface area contributed by atoms with Crippen LogP contribution >= 0.6 is 0 Å². The van der Waals surface area contributed by atoms with Crippen molar-refractivity contribution in [2.75, 3.05) is 44.4 Å². The summed E-state index contributed by atoms with van der Waals surface area (Å²) in [6.45, 7) is 4.02. The lowest BCUT2D eigenvalue weighted by Crippen LogP contribution is -2.39. The number of morpholine rings is 1. The second-order valence-electron chi connectivity index (χ2n) is 8.61. The monoisotopic (exact) mass is 465 g/mol. The number of carbonyl (C=O) groups excluding carboxylic acids is 1. The van der Waals surface area contributed by atoms with Crippen LogP contribution in [0.25, 0.3) is 11.3 Å². The average molecular weight is 466 g/mol. The van der Waals surface area contributed by atoms with Crippen LogP contribution in [0.1, 0.15) is 28.8 Å². The predicted octanol–water partition coefficient (Wildman–Crippen LogP) is 4.14. The number of rotatable bonds is 7. The average Bonchev–Trinajstić information content (AvgIpc) is 3.55. The summed E-state index contributed by atoms with van der Waals surface area (Å²) in [6, 6.07) is 15.4. The molecule has 2 aromatic carbocycles. The van der Waals surface area contributed by atoms with Gasteiger partial charge in [0, 0.05) is 37.4 Å². The summed E-state index contributed by atoms with van der Waals surface area (Å²) < 4.78 is 30.8. The first-order valence-electron chi connectivity index (χ1n) is 11.7. The molecule has 0 saturated carbocycles. The van der Waals surface area contributed by atoms with Gasteiger partial charge in [-0.2, -0.15) is 0 Å². The van der Waals surface area contributed by atoms with Crippen LogP contribution in [0.5, 0.6) is 0 Å². The molecule has 34 heavy (non-hydrogen) atoms. The number of hydrogen-bond acceptors (Lipinski definition) is 6. The Balaban J connectivity index is 1.52. The zero-order valence-corrected chi connectivity index (χ0v) is 19.0. The van der Waals surface area contributed by atoms with Crippen LogP contribution in [0.4, 0.5) is 10.3 Å². The molecule has 0 radical (unpaired) electrons. The van der Waals surface area contributed by atoms with Crippen molar-refractivity contribution in [2.45, 2.75) is 25.5 Å². The number of ether oxygens (including phenoxy) is 2. The Kier molecular flexibility index (Phi) is 6.87. The van der Waals surface area contributed by atoms with E-state index in [4.69, 9.17) is 14.0 Å². The third-order valence-electron chi connectivity index (χ3n) is 6.29. The highest BCUT2D eigenvalue weighted by atomic mass is 19.1. The Morgan fingerprint density at radius 2 is 1.82 bits per heavy atom. The van der Waals surface area contributed by atoms with Crippen molar-refractivity contribution in [1.82, 2.24) is 10.1 Å². The van der Waals surface area contributed by atoms with E-state index in [1.165, 1.54) is 12.1 Å². The fraction of sp³-hybridized carbons (Fsp3) is 0.385. The fourth-order valence-electron chi connectivity index (χ4n) is 4.50. The van der Waals surface area contributed by atoms with E-state index < -0.39 is 0 Å². The Bertz CT molecular complexity index is 1090. The molecule has 5 rings (SSSR count). The lowest BCUT2D eigenvalue weighted by Gasteiger charge is -2.29. The Hall–Kier alpha value is -3.23. The first kappa shape index (κ1) is 22.6. The Morgan fingerprint density at radius 1 is 1.06 bits per heavy atom. The molecule has 7 nitrogen and oxygen atoms in total. The molecule has 1 atom stereocenters. The maximum absolute atomic E-state index is 13.6. The van der Waals surface area contributed by atoms with Crippen LogP contribution in [-0.2, 0) is 16.0 Å². The third-order valence-corrected chi connectivity index (χ3v) is 6.29. The molecule has 2 saturated heterocycles. The first-order valence-corrected chi connectivity index (χ1v) is 11.7. The van der Waals surface area contributed by atoms with Gasteiger partial charge in [-0.1, -0.05) is 23.4 Å². The van der Waals surface area contributed by atoms with Gasteiger partial charge in [-0.15, -0.1) is 0 Å². The van der Waals surface area contributed by atoms with Gasteiger partial charge in [-0.25, -0.2) is 4.39 Å². The number of hydrogen-bond donors (Lipinski definition) is 0. The smallest absolute Gasteiger partial charge is 0.254 e. The molecule has 0 aliphatic carbocycles. The highest BCUT2D eigenvalue weighted by Crippen LogP contribution is 2.34. The summed E-state index contributed by atoms with van der Waals surface area (Å²) in [5.41, 5.74) is 2.77. The molecule has 0 N–H and O–H groups in total. The summed E-state index contributed by atoms with van der Waals surface area (Å²) in [7, 11) is 0. The van der Waals surface area contributed by atoms with Gasteiger partial charge in [-0.3, -0.25) is 4.79 Å². The molecule has 1 amide bonds. The molecule has 0 bridgehead atoms. The highest BCUT2D eigenvalue weighted by molar-refractivity contribution is 5.94. The van der Waals surface area contributed by atoms with Gasteiger partial charge in [-0.05, 0) is 49.2 Å². The maximum atomic E-state index is 13.6. The molecular formula is C26H28FN3O4. The van der Waals surface area contributed by atoms with Gasteiger partial charge in [0.1, 0.15) is 11.5 Å². The van der Waals surface area contributed by atoms with Gasteiger partial charge in [0.25, 0.3) is 5.91 Å². The predicted molar refractivity (Wildman–Crippen MR) is 125 cm³/mol. The van der Waals surface area contributed by atoms with Crippen LogP contribution in [0.15, 0.2) is 59.1 Å². The highest BCUT2D eigenvalue weighted by Gasteiger charge is 2.30. The summed E-state index contributed by atoms with van der Waals surface area (Å²) >= 11 is 0. The van der Waals surface area contributed by atoms with Crippen molar-refractivity contribution >= 4 is 11.8 Å². The summed E-state index contributed by atoms with van der Waals surface area (Å²) in [5, 5.41) is 4.36. The summed E-state index contributed by atoms with van der Waals surface area (Å²) in [5.74, 6) is 0.234. The lowest BCUT2D eigenvalue weighted by atomic mass is 10.1. The van der Waals surface area contributed by atoms with Crippen LogP contribution in [0.3, 0.4) is 0 Å². The van der Waals surface area contributed by atoms with Crippen LogP contribution in [-0.4, -0.2) is 61.5 Å². The molecule has 2 fully saturated rings. The summed E-state index contributed by atoms with van der Waals surface area (Å²) in [6.07, 6.45) is 1.91. The first-order chi connectivity index (χ1) is 16.7. The molecule has 0 unspecified atom stereocenters. The van der Waals surface area contributed by atoms with Gasteiger partial charge < -0.3 is 23.8 Å². The van der Waals surface area contributed by atoms with Crippen molar-refractivity contribution < 1.29 is 23.2 Å². The normalized spacial score (nSPS) is 18.3. The lowest BCUT2D eigenvalue weighted by molar-refractivity contribution is 0.0507. The molecule has 178 valence electrons. The molecule has 3 aromatic rings. The largest absolute Gasteiger partial charge is 0.378 e. The molecule has 2 aliphatic heterocycles. The topological polar surface area (TPSA) is 68.0 Å². The number of nitrogens with zero attached hydrogens (tertiary/aromatic N) is 3. The van der Waals surface area contributed by atoms with Crippen molar-refractivity contribution in [1.29, 1.82) is 0 Å². The third kappa shape index (κ3) is 4.98. The molecule has 3 heterocycles. The Labute approximate surface area is 198 Å². The van der Waals surface area contributed by atoms with Gasteiger partial charge >= 0.3 is 0 Å². The minimum Gasteiger partial charge on any atom is -0.378 e. The van der Waals surface area contributed by atoms with E-state index in [-0.39, 0.29) is 17.8 Å². The number of carbonyl (C=O) groups is 1. The van der Waals surface area contributed by atoms with Crippen molar-refractivity contribution in [3.8, 4) is 11.3 Å². The van der Waals surface area contributed by atoms with Crippen molar-refractivity contribution in [3.05, 3.63) is 71.5 Å². The fourth-order valence-corrected chi connectivity index (χ4v) is 4.50. The number of aromatic nitrogens is 1. The SMILES string of the molecule is O=C(c1ccccc1)N(Cc1c(-c2ccc(F)cc2)noc1N1CCOCC1)C[C@H]1CCCO1. The van der Waals surface area contributed by atoms with E-state index in [0.29, 0.717) is 63.1 Å². The van der Waals surface area contributed by atoms with E-state index >= 15 is 0 Å². The molecule has 2 aliphatic rings. The number of benzene rings is 2. The molecule has 8 heteroatoms. The molecular weight excluding hydrogens is 437 g/mol. The quantitative estimate of drug-likeness (QED) is 0.523. The minimum atomic E-state index is -0.318. The van der Waals surface area contributed by atoms with Crippen molar-refractivity contribution in [2.24, 2.45) is 0 Å². The number of amides is 1. The second kappa shape index (κ2) is 10.4. The van der Waals surface area contributed by atoms with E-state index in [9.17, 15) is 9.18 Å². The van der Waals surface area contributed by atoms with Crippen LogP contribution < -0.4 is 4.90 Å². The Morgan fingerprint density at radius 3 is 2.53 bits per heavy atom. The second-order valence-corrected chi connectivity index (χ2v) is 8.61. The standard InChI is InChI=1S/C26H28FN3O4/c27-21-10-8-19(9-11-21)24-23(26(34-28-24)29-12-15-32-16-13-29)18-30(17-22-7-4-14-33-22)25(31)20-5-2-1-3-6-20/h1-3,5-6,8-11,22H,4,7,12-18H2/t22-/m1/s1.